The molecule has 4 rings (SSSR count). The summed E-state index contributed by atoms with van der Waals surface area (Å²) in [6.45, 7) is 1.71. The summed E-state index contributed by atoms with van der Waals surface area (Å²) in [5.74, 6) is -1.60. The Labute approximate surface area is 173 Å². The van der Waals surface area contributed by atoms with Gasteiger partial charge < -0.3 is 5.32 Å². The maximum absolute atomic E-state index is 13.5. The van der Waals surface area contributed by atoms with Crippen LogP contribution in [0.2, 0.25) is 0 Å². The molecular weight excluding hydrogens is 383 g/mol. The van der Waals surface area contributed by atoms with Crippen LogP contribution in [-0.2, 0) is 9.59 Å². The Hall–Kier alpha value is -3.80. The number of anilines is 2. The average molecular weight is 402 g/mol. The van der Waals surface area contributed by atoms with Gasteiger partial charge in [0.05, 0.1) is 5.69 Å². The Bertz CT molecular complexity index is 1160. The molecule has 3 amide bonds. The summed E-state index contributed by atoms with van der Waals surface area (Å²) in [7, 11) is 0. The zero-order chi connectivity index (χ0) is 21.3. The lowest BCUT2D eigenvalue weighted by molar-refractivity contribution is -0.122. The second-order valence-corrected chi connectivity index (χ2v) is 7.27. The van der Waals surface area contributed by atoms with Crippen molar-refractivity contribution in [3.8, 4) is 11.1 Å². The quantitative estimate of drug-likeness (QED) is 0.647. The van der Waals surface area contributed by atoms with Gasteiger partial charge in [-0.2, -0.15) is 0 Å². The molecule has 0 aromatic heterocycles. The number of carbonyl (C=O) groups excluding carboxylic acids is 3. The number of hydrogen-bond donors (Lipinski definition) is 1. The van der Waals surface area contributed by atoms with Gasteiger partial charge in [0, 0.05) is 23.6 Å². The molecule has 150 valence electrons. The van der Waals surface area contributed by atoms with Crippen molar-refractivity contribution in [3.63, 3.8) is 0 Å². The molecule has 3 aromatic carbocycles. The van der Waals surface area contributed by atoms with Crippen molar-refractivity contribution in [3.05, 3.63) is 84.2 Å². The summed E-state index contributed by atoms with van der Waals surface area (Å²) in [4.78, 5) is 38.3. The van der Waals surface area contributed by atoms with E-state index in [1.54, 1.807) is 55.5 Å². The van der Waals surface area contributed by atoms with E-state index >= 15 is 0 Å². The summed E-state index contributed by atoms with van der Waals surface area (Å²) in [6, 6.07) is 19.7. The highest BCUT2D eigenvalue weighted by Gasteiger charge is 2.36. The van der Waals surface area contributed by atoms with Crippen molar-refractivity contribution in [2.45, 2.75) is 13.3 Å². The van der Waals surface area contributed by atoms with Crippen LogP contribution in [0.5, 0.6) is 0 Å². The van der Waals surface area contributed by atoms with Crippen LogP contribution in [-0.4, -0.2) is 17.7 Å². The third-order valence-corrected chi connectivity index (χ3v) is 5.02. The van der Waals surface area contributed by atoms with Crippen LogP contribution in [0.3, 0.4) is 0 Å². The molecule has 6 heteroatoms. The third-order valence-electron chi connectivity index (χ3n) is 5.02. The van der Waals surface area contributed by atoms with Gasteiger partial charge in [-0.15, -0.1) is 0 Å². The predicted octanol–water partition coefficient (Wildman–Crippen LogP) is 4.64. The van der Waals surface area contributed by atoms with Gasteiger partial charge in [-0.05, 0) is 53.6 Å². The molecule has 5 nitrogen and oxygen atoms in total. The summed E-state index contributed by atoms with van der Waals surface area (Å²) >= 11 is 0. The van der Waals surface area contributed by atoms with Gasteiger partial charge in [0.1, 0.15) is 5.82 Å². The normalized spacial score (nSPS) is 16.1. The molecule has 0 spiro atoms. The molecule has 1 aliphatic heterocycles. The molecular formula is C24H19FN2O3. The SMILES string of the molecule is CC1CC(=O)N(c2cccc(C(=O)Nc3cccc(-c4cccc(F)c4)c3)c2)C1=O. The van der Waals surface area contributed by atoms with E-state index in [9.17, 15) is 18.8 Å². The van der Waals surface area contributed by atoms with E-state index in [0.717, 1.165) is 10.5 Å². The number of halogens is 1. The fourth-order valence-electron chi connectivity index (χ4n) is 3.49. The summed E-state index contributed by atoms with van der Waals surface area (Å²) in [5, 5.41) is 2.81. The molecule has 1 N–H and O–H groups in total. The van der Waals surface area contributed by atoms with Crippen LogP contribution in [0, 0.1) is 11.7 Å². The number of benzene rings is 3. The highest BCUT2D eigenvalue weighted by Crippen LogP contribution is 2.27. The molecule has 1 unspecified atom stereocenters. The monoisotopic (exact) mass is 402 g/mol. The van der Waals surface area contributed by atoms with Gasteiger partial charge in [-0.1, -0.05) is 37.3 Å². The number of nitrogens with one attached hydrogen (secondary N) is 1. The molecule has 1 saturated heterocycles. The maximum atomic E-state index is 13.5. The standard InChI is InChI=1S/C24H19FN2O3/c1-15-11-22(28)27(24(15)30)21-10-4-7-18(14-21)23(29)26-20-9-3-6-17(13-20)16-5-2-8-19(25)12-16/h2-10,12-15H,11H2,1H3,(H,26,29). The lowest BCUT2D eigenvalue weighted by Crippen LogP contribution is -2.30. The van der Waals surface area contributed by atoms with Crippen LogP contribution >= 0.6 is 0 Å². The molecule has 3 aromatic rings. The molecule has 1 heterocycles. The topological polar surface area (TPSA) is 66.5 Å². The van der Waals surface area contributed by atoms with E-state index in [1.807, 2.05) is 6.07 Å². The Morgan fingerprint density at radius 3 is 2.37 bits per heavy atom. The van der Waals surface area contributed by atoms with Gasteiger partial charge in [-0.3, -0.25) is 19.3 Å². The molecule has 30 heavy (non-hydrogen) atoms. The fraction of sp³-hybridized carbons (Fsp3) is 0.125. The van der Waals surface area contributed by atoms with Crippen LogP contribution in [0.4, 0.5) is 15.8 Å². The Morgan fingerprint density at radius 1 is 0.967 bits per heavy atom. The molecule has 0 bridgehead atoms. The van der Waals surface area contributed by atoms with Crippen molar-refractivity contribution < 1.29 is 18.8 Å². The molecule has 1 aliphatic rings. The highest BCUT2D eigenvalue weighted by atomic mass is 19.1. The first-order chi connectivity index (χ1) is 14.4. The third kappa shape index (κ3) is 3.85. The van der Waals surface area contributed by atoms with E-state index in [4.69, 9.17) is 0 Å². The second-order valence-electron chi connectivity index (χ2n) is 7.27. The number of nitrogens with zero attached hydrogens (tertiary/aromatic N) is 1. The van der Waals surface area contributed by atoms with Crippen LogP contribution in [0.15, 0.2) is 72.8 Å². The van der Waals surface area contributed by atoms with Crippen LogP contribution in [0.25, 0.3) is 11.1 Å². The first-order valence-corrected chi connectivity index (χ1v) is 9.56. The summed E-state index contributed by atoms with van der Waals surface area (Å²) < 4.78 is 13.5. The highest BCUT2D eigenvalue weighted by molar-refractivity contribution is 6.21. The van der Waals surface area contributed by atoms with Crippen molar-refractivity contribution in [2.75, 3.05) is 10.2 Å². The molecule has 0 radical (unpaired) electrons. The Morgan fingerprint density at radius 2 is 1.67 bits per heavy atom. The molecule has 0 saturated carbocycles. The van der Waals surface area contributed by atoms with E-state index in [1.165, 1.54) is 18.2 Å². The number of carbonyl (C=O) groups is 3. The van der Waals surface area contributed by atoms with Gasteiger partial charge in [-0.25, -0.2) is 4.39 Å². The van der Waals surface area contributed by atoms with Crippen LogP contribution < -0.4 is 10.2 Å². The van der Waals surface area contributed by atoms with E-state index in [-0.39, 0.29) is 35.9 Å². The minimum Gasteiger partial charge on any atom is -0.322 e. The molecule has 1 fully saturated rings. The number of amides is 3. The lowest BCUT2D eigenvalue weighted by Gasteiger charge is -2.15. The summed E-state index contributed by atoms with van der Waals surface area (Å²) in [5.41, 5.74) is 2.73. The molecule has 1 atom stereocenters. The minimum atomic E-state index is -0.375. The first-order valence-electron chi connectivity index (χ1n) is 9.56. The van der Waals surface area contributed by atoms with Gasteiger partial charge in [0.25, 0.3) is 5.91 Å². The smallest absolute Gasteiger partial charge is 0.255 e. The van der Waals surface area contributed by atoms with Crippen molar-refractivity contribution in [1.29, 1.82) is 0 Å². The molecule has 0 aliphatic carbocycles. The second kappa shape index (κ2) is 7.91. The Kier molecular flexibility index (Phi) is 5.14. The lowest BCUT2D eigenvalue weighted by atomic mass is 10.0. The fourth-order valence-corrected chi connectivity index (χ4v) is 3.49. The number of rotatable bonds is 4. The van der Waals surface area contributed by atoms with Crippen molar-refractivity contribution in [2.24, 2.45) is 5.92 Å². The van der Waals surface area contributed by atoms with Crippen molar-refractivity contribution >= 4 is 29.1 Å². The average Bonchev–Trinajstić information content (AvgIpc) is 2.99. The summed E-state index contributed by atoms with van der Waals surface area (Å²) in [6.07, 6.45) is 0.169. The van der Waals surface area contributed by atoms with Gasteiger partial charge in [0.15, 0.2) is 0 Å². The van der Waals surface area contributed by atoms with Crippen LogP contribution in [0.1, 0.15) is 23.7 Å². The van der Waals surface area contributed by atoms with E-state index in [2.05, 4.69) is 5.32 Å². The van der Waals surface area contributed by atoms with E-state index < -0.39 is 0 Å². The van der Waals surface area contributed by atoms with Crippen molar-refractivity contribution in [1.82, 2.24) is 0 Å². The number of imide groups is 1. The van der Waals surface area contributed by atoms with Gasteiger partial charge >= 0.3 is 0 Å². The largest absolute Gasteiger partial charge is 0.322 e. The van der Waals surface area contributed by atoms with Gasteiger partial charge in [0.2, 0.25) is 11.8 Å². The Balaban J connectivity index is 1.56. The zero-order valence-corrected chi connectivity index (χ0v) is 16.3. The maximum Gasteiger partial charge on any atom is 0.255 e. The zero-order valence-electron chi connectivity index (χ0n) is 16.3. The minimum absolute atomic E-state index is 0.169. The first kappa shape index (κ1) is 19.5. The van der Waals surface area contributed by atoms with E-state index in [0.29, 0.717) is 22.5 Å². The predicted molar refractivity (Wildman–Crippen MR) is 113 cm³/mol. The number of hydrogen-bond acceptors (Lipinski definition) is 3.